The molecule has 0 bridgehead atoms. The number of anilines is 3. The van der Waals surface area contributed by atoms with Crippen LogP contribution in [-0.2, 0) is 0 Å². The predicted octanol–water partition coefficient (Wildman–Crippen LogP) is 15.6. The number of thiophene rings is 3. The molecule has 1 nitrogen and oxygen atoms in total. The highest BCUT2D eigenvalue weighted by atomic mass is 32.1. The molecule has 11 rings (SSSR count). The van der Waals surface area contributed by atoms with E-state index in [1.165, 1.54) is 88.5 Å². The molecule has 3 heterocycles. The number of hydrogen-bond donors (Lipinski definition) is 0. The van der Waals surface area contributed by atoms with E-state index in [2.05, 4.69) is 181 Å². The molecule has 0 fully saturated rings. The minimum absolute atomic E-state index is 1.14. The van der Waals surface area contributed by atoms with Crippen LogP contribution in [0.15, 0.2) is 176 Å². The summed E-state index contributed by atoms with van der Waals surface area (Å²) in [6.45, 7) is 0. The SMILES string of the molecule is c1ccc(-c2cccc3c2sc2c(N(c4ccc(-c5cccc6c5sc5ccccc56)cc4)c4ccc5c(c4)sc4ccccc45)cccc23)cc1. The van der Waals surface area contributed by atoms with Crippen molar-refractivity contribution in [2.75, 3.05) is 4.90 Å². The first kappa shape index (κ1) is 29.9. The Hall–Kier alpha value is -5.78. The maximum Gasteiger partial charge on any atom is 0.0640 e. The molecule has 0 saturated carbocycles. The van der Waals surface area contributed by atoms with Gasteiger partial charge in [0.2, 0.25) is 0 Å². The van der Waals surface area contributed by atoms with E-state index in [0.29, 0.717) is 0 Å². The first-order valence-corrected chi connectivity index (χ1v) is 20.0. The highest BCUT2D eigenvalue weighted by Gasteiger charge is 2.21. The van der Waals surface area contributed by atoms with Crippen LogP contribution >= 0.6 is 34.0 Å². The van der Waals surface area contributed by atoms with Crippen LogP contribution in [0.5, 0.6) is 0 Å². The second-order valence-corrected chi connectivity index (χ2v) is 16.4. The number of benzene rings is 8. The van der Waals surface area contributed by atoms with Gasteiger partial charge in [0.25, 0.3) is 0 Å². The molecule has 0 radical (unpaired) electrons. The lowest BCUT2D eigenvalue weighted by molar-refractivity contribution is 1.31. The number of hydrogen-bond acceptors (Lipinski definition) is 4. The van der Waals surface area contributed by atoms with E-state index in [-0.39, 0.29) is 0 Å². The van der Waals surface area contributed by atoms with Crippen molar-refractivity contribution in [1.29, 1.82) is 0 Å². The molecule has 0 saturated heterocycles. The van der Waals surface area contributed by atoms with Gasteiger partial charge >= 0.3 is 0 Å². The van der Waals surface area contributed by atoms with Gasteiger partial charge in [0.15, 0.2) is 0 Å². The summed E-state index contributed by atoms with van der Waals surface area (Å²) in [6.07, 6.45) is 0. The Balaban J connectivity index is 1.12. The molecule has 0 aliphatic rings. The predicted molar refractivity (Wildman–Crippen MR) is 231 cm³/mol. The molecule has 52 heavy (non-hydrogen) atoms. The van der Waals surface area contributed by atoms with Crippen LogP contribution in [0.3, 0.4) is 0 Å². The molecule has 8 aromatic carbocycles. The first-order valence-electron chi connectivity index (χ1n) is 17.5. The van der Waals surface area contributed by atoms with E-state index in [1.807, 2.05) is 34.0 Å². The number of fused-ring (bicyclic) bond motifs is 9. The van der Waals surface area contributed by atoms with E-state index < -0.39 is 0 Å². The van der Waals surface area contributed by atoms with Gasteiger partial charge < -0.3 is 4.90 Å². The maximum atomic E-state index is 2.47. The molecule has 0 aliphatic carbocycles. The van der Waals surface area contributed by atoms with Crippen LogP contribution in [0.1, 0.15) is 0 Å². The third-order valence-corrected chi connectivity index (χ3v) is 13.9. The smallest absolute Gasteiger partial charge is 0.0640 e. The lowest BCUT2D eigenvalue weighted by Gasteiger charge is -2.26. The van der Waals surface area contributed by atoms with Gasteiger partial charge in [-0.3, -0.25) is 0 Å². The zero-order chi connectivity index (χ0) is 34.2. The Morgan fingerprint density at radius 2 is 0.827 bits per heavy atom. The lowest BCUT2D eigenvalue weighted by Crippen LogP contribution is -2.09. The van der Waals surface area contributed by atoms with Crippen molar-refractivity contribution in [3.8, 4) is 22.3 Å². The van der Waals surface area contributed by atoms with Crippen molar-refractivity contribution in [3.63, 3.8) is 0 Å². The monoisotopic (exact) mass is 715 g/mol. The molecular formula is C48H29NS3. The minimum atomic E-state index is 1.14. The fourth-order valence-corrected chi connectivity index (χ4v) is 11.6. The van der Waals surface area contributed by atoms with Crippen LogP contribution < -0.4 is 4.90 Å². The molecule has 0 N–H and O–H groups in total. The summed E-state index contributed by atoms with van der Waals surface area (Å²) < 4.78 is 7.90. The molecule has 0 unspecified atom stereocenters. The lowest BCUT2D eigenvalue weighted by atomic mass is 10.0. The van der Waals surface area contributed by atoms with E-state index in [4.69, 9.17) is 0 Å². The summed E-state index contributed by atoms with van der Waals surface area (Å²) in [5.74, 6) is 0. The van der Waals surface area contributed by atoms with Crippen molar-refractivity contribution in [2.45, 2.75) is 0 Å². The zero-order valence-corrected chi connectivity index (χ0v) is 30.4. The largest absolute Gasteiger partial charge is 0.309 e. The third kappa shape index (κ3) is 4.65. The van der Waals surface area contributed by atoms with Crippen molar-refractivity contribution in [1.82, 2.24) is 0 Å². The van der Waals surface area contributed by atoms with E-state index in [0.717, 1.165) is 11.4 Å². The van der Waals surface area contributed by atoms with Crippen LogP contribution in [0, 0.1) is 0 Å². The summed E-state index contributed by atoms with van der Waals surface area (Å²) in [6, 6.07) is 64.7. The molecule has 0 spiro atoms. The standard InChI is InChI=1S/C48H29NS3/c1-2-11-30(12-3-1)34-15-9-18-40-41-19-10-20-42(48(41)52-47(34)40)49(33-27-28-38-36-13-4-6-21-43(36)50-45(38)29-33)32-25-23-31(24-26-32)35-16-8-17-39-37-14-5-7-22-44(37)51-46(35)39/h1-29H. The first-order chi connectivity index (χ1) is 25.8. The van der Waals surface area contributed by atoms with Gasteiger partial charge in [0.1, 0.15) is 0 Å². The van der Waals surface area contributed by atoms with Crippen LogP contribution in [-0.4, -0.2) is 0 Å². The maximum absolute atomic E-state index is 2.47. The molecule has 0 atom stereocenters. The van der Waals surface area contributed by atoms with Gasteiger partial charge in [-0.25, -0.2) is 0 Å². The van der Waals surface area contributed by atoms with Gasteiger partial charge in [-0.2, -0.15) is 0 Å². The molecule has 244 valence electrons. The van der Waals surface area contributed by atoms with Gasteiger partial charge in [0.05, 0.1) is 10.4 Å². The second kappa shape index (κ2) is 11.9. The van der Waals surface area contributed by atoms with E-state index >= 15 is 0 Å². The van der Waals surface area contributed by atoms with Gasteiger partial charge in [-0.05, 0) is 64.7 Å². The zero-order valence-electron chi connectivity index (χ0n) is 27.9. The van der Waals surface area contributed by atoms with Gasteiger partial charge in [0, 0.05) is 67.2 Å². The van der Waals surface area contributed by atoms with Crippen LogP contribution in [0.4, 0.5) is 17.1 Å². The minimum Gasteiger partial charge on any atom is -0.309 e. The van der Waals surface area contributed by atoms with Crippen LogP contribution in [0.2, 0.25) is 0 Å². The van der Waals surface area contributed by atoms with Crippen molar-refractivity contribution >= 4 is 112 Å². The Morgan fingerprint density at radius 3 is 1.58 bits per heavy atom. The summed E-state index contributed by atoms with van der Waals surface area (Å²) in [5, 5.41) is 7.87. The molecule has 11 aromatic rings. The van der Waals surface area contributed by atoms with Crippen molar-refractivity contribution < 1.29 is 0 Å². The normalized spacial score (nSPS) is 11.8. The summed E-state index contributed by atoms with van der Waals surface area (Å²) in [5.41, 5.74) is 8.53. The molecule has 3 aromatic heterocycles. The van der Waals surface area contributed by atoms with Crippen molar-refractivity contribution in [3.05, 3.63) is 176 Å². The van der Waals surface area contributed by atoms with Crippen LogP contribution in [0.25, 0.3) is 82.8 Å². The fourth-order valence-electron chi connectivity index (χ4n) is 7.87. The van der Waals surface area contributed by atoms with E-state index in [1.54, 1.807) is 0 Å². The Kier molecular flexibility index (Phi) is 6.84. The molecular weight excluding hydrogens is 687 g/mol. The quantitative estimate of drug-likeness (QED) is 0.171. The summed E-state index contributed by atoms with van der Waals surface area (Å²) in [4.78, 5) is 2.47. The van der Waals surface area contributed by atoms with E-state index in [9.17, 15) is 0 Å². The molecule has 0 aliphatic heterocycles. The highest BCUT2D eigenvalue weighted by molar-refractivity contribution is 7.27. The average Bonchev–Trinajstić information content (AvgIpc) is 3.90. The summed E-state index contributed by atoms with van der Waals surface area (Å²) in [7, 11) is 0. The Morgan fingerprint density at radius 1 is 0.308 bits per heavy atom. The Labute approximate surface area is 312 Å². The average molecular weight is 716 g/mol. The third-order valence-electron chi connectivity index (χ3n) is 10.3. The molecule has 0 amide bonds. The number of nitrogens with zero attached hydrogens (tertiary/aromatic N) is 1. The van der Waals surface area contributed by atoms with Gasteiger partial charge in [-0.1, -0.05) is 133 Å². The highest BCUT2D eigenvalue weighted by Crippen LogP contribution is 2.48. The second-order valence-electron chi connectivity index (χ2n) is 13.2. The van der Waals surface area contributed by atoms with Gasteiger partial charge in [-0.15, -0.1) is 34.0 Å². The van der Waals surface area contributed by atoms with Crippen molar-refractivity contribution in [2.24, 2.45) is 0 Å². The molecule has 4 heteroatoms. The topological polar surface area (TPSA) is 3.24 Å². The number of rotatable bonds is 5. The fraction of sp³-hybridized carbons (Fsp3) is 0. The summed E-state index contributed by atoms with van der Waals surface area (Å²) >= 11 is 5.66. The Bertz CT molecular complexity index is 3130.